The molecule has 0 unspecified atom stereocenters. The molecule has 0 aliphatic heterocycles. The zero-order valence-corrected chi connectivity index (χ0v) is 15.7. The van der Waals surface area contributed by atoms with Gasteiger partial charge in [0.15, 0.2) is 11.5 Å². The second-order valence-electron chi connectivity index (χ2n) is 5.24. The molecule has 1 heterocycles. The lowest BCUT2D eigenvalue weighted by atomic mass is 10.2. The van der Waals surface area contributed by atoms with Gasteiger partial charge in [0, 0.05) is 10.0 Å². The maximum Gasteiger partial charge on any atom is 0.224 e. The van der Waals surface area contributed by atoms with Gasteiger partial charge in [-0.3, -0.25) is 0 Å². The number of fused-ring (bicyclic) bond motifs is 1. The van der Waals surface area contributed by atoms with Crippen molar-refractivity contribution in [3.05, 3.63) is 52.8 Å². The number of rotatable bonds is 7. The lowest BCUT2D eigenvalue weighted by Crippen LogP contribution is -2.03. The fraction of sp³-hybridized carbons (Fsp3) is 0.263. The summed E-state index contributed by atoms with van der Waals surface area (Å²) in [7, 11) is 0. The summed E-state index contributed by atoms with van der Waals surface area (Å²) >= 11 is 3.58. The summed E-state index contributed by atoms with van der Waals surface area (Å²) in [6.07, 6.45) is 1.51. The van der Waals surface area contributed by atoms with E-state index in [0.717, 1.165) is 20.9 Å². The van der Waals surface area contributed by atoms with Crippen LogP contribution in [-0.4, -0.2) is 23.2 Å². The molecule has 0 saturated carbocycles. The minimum absolute atomic E-state index is 0.355. The molecule has 0 aliphatic carbocycles. The van der Waals surface area contributed by atoms with Gasteiger partial charge in [0.25, 0.3) is 0 Å². The van der Waals surface area contributed by atoms with Crippen LogP contribution in [0, 0.1) is 0 Å². The van der Waals surface area contributed by atoms with E-state index in [-0.39, 0.29) is 0 Å². The van der Waals surface area contributed by atoms with Gasteiger partial charge in [0.1, 0.15) is 12.9 Å². The van der Waals surface area contributed by atoms with Crippen molar-refractivity contribution >= 4 is 26.8 Å². The molecular formula is C19H19BrN2O3. The molecule has 0 saturated heterocycles. The van der Waals surface area contributed by atoms with Crippen molar-refractivity contribution < 1.29 is 14.2 Å². The van der Waals surface area contributed by atoms with E-state index < -0.39 is 0 Å². The second-order valence-corrected chi connectivity index (χ2v) is 6.10. The third kappa shape index (κ3) is 4.02. The van der Waals surface area contributed by atoms with Crippen molar-refractivity contribution in [3.63, 3.8) is 0 Å². The summed E-state index contributed by atoms with van der Waals surface area (Å²) in [4.78, 5) is 8.50. The van der Waals surface area contributed by atoms with E-state index in [9.17, 15) is 0 Å². The Morgan fingerprint density at radius 2 is 1.64 bits per heavy atom. The van der Waals surface area contributed by atoms with Gasteiger partial charge in [-0.15, -0.1) is 0 Å². The molecule has 0 spiro atoms. The molecule has 5 nitrogen and oxygen atoms in total. The Morgan fingerprint density at radius 3 is 2.40 bits per heavy atom. The van der Waals surface area contributed by atoms with Crippen LogP contribution in [0.5, 0.6) is 17.4 Å². The fourth-order valence-corrected chi connectivity index (χ4v) is 2.90. The molecule has 0 radical (unpaired) electrons. The van der Waals surface area contributed by atoms with Crippen LogP contribution in [0.25, 0.3) is 10.9 Å². The highest BCUT2D eigenvalue weighted by molar-refractivity contribution is 9.10. The number of ether oxygens (including phenoxy) is 3. The highest BCUT2D eigenvalue weighted by Gasteiger charge is 2.12. The van der Waals surface area contributed by atoms with Crippen LogP contribution in [0.15, 0.2) is 47.2 Å². The molecule has 25 heavy (non-hydrogen) atoms. The van der Waals surface area contributed by atoms with E-state index in [0.29, 0.717) is 37.2 Å². The summed E-state index contributed by atoms with van der Waals surface area (Å²) in [5.74, 6) is 1.98. The first-order valence-electron chi connectivity index (χ1n) is 8.13. The Bertz CT molecular complexity index is 865. The first kappa shape index (κ1) is 17.5. The quantitative estimate of drug-likeness (QED) is 0.569. The Balaban J connectivity index is 1.86. The molecule has 0 N–H and O–H groups in total. The third-order valence-electron chi connectivity index (χ3n) is 3.58. The Morgan fingerprint density at radius 1 is 0.920 bits per heavy atom. The van der Waals surface area contributed by atoms with Gasteiger partial charge in [-0.25, -0.2) is 9.97 Å². The minimum Gasteiger partial charge on any atom is -0.490 e. The van der Waals surface area contributed by atoms with Crippen molar-refractivity contribution in [1.82, 2.24) is 9.97 Å². The van der Waals surface area contributed by atoms with Crippen molar-refractivity contribution in [2.24, 2.45) is 0 Å². The minimum atomic E-state index is 0.355. The highest BCUT2D eigenvalue weighted by atomic mass is 79.9. The van der Waals surface area contributed by atoms with Crippen LogP contribution in [0.1, 0.15) is 19.4 Å². The van der Waals surface area contributed by atoms with E-state index in [1.54, 1.807) is 0 Å². The number of aromatic nitrogens is 2. The van der Waals surface area contributed by atoms with Gasteiger partial charge in [0.05, 0.1) is 24.1 Å². The molecular weight excluding hydrogens is 384 g/mol. The van der Waals surface area contributed by atoms with Crippen LogP contribution >= 0.6 is 15.9 Å². The molecule has 6 heteroatoms. The monoisotopic (exact) mass is 402 g/mol. The first-order valence-corrected chi connectivity index (χ1v) is 8.92. The summed E-state index contributed by atoms with van der Waals surface area (Å²) in [5, 5.41) is 0.886. The SMILES string of the molecule is CCOc1cc(Br)c(COc2ncnc3ccccc23)cc1OCC. The van der Waals surface area contributed by atoms with Gasteiger partial charge in [-0.05, 0) is 38.1 Å². The van der Waals surface area contributed by atoms with Crippen LogP contribution in [0.4, 0.5) is 0 Å². The molecule has 2 aromatic carbocycles. The highest BCUT2D eigenvalue weighted by Crippen LogP contribution is 2.34. The van der Waals surface area contributed by atoms with Gasteiger partial charge < -0.3 is 14.2 Å². The molecule has 0 amide bonds. The van der Waals surface area contributed by atoms with Crippen molar-refractivity contribution in [3.8, 4) is 17.4 Å². The van der Waals surface area contributed by atoms with E-state index in [2.05, 4.69) is 25.9 Å². The predicted octanol–water partition coefficient (Wildman–Crippen LogP) is 4.77. The summed E-state index contributed by atoms with van der Waals surface area (Å²) in [6.45, 7) is 5.39. The molecule has 0 fully saturated rings. The van der Waals surface area contributed by atoms with Crippen LogP contribution in [-0.2, 0) is 6.61 Å². The van der Waals surface area contributed by atoms with Crippen molar-refractivity contribution in [2.45, 2.75) is 20.5 Å². The van der Waals surface area contributed by atoms with Crippen LogP contribution in [0.2, 0.25) is 0 Å². The number of hydrogen-bond donors (Lipinski definition) is 0. The number of para-hydroxylation sites is 1. The van der Waals surface area contributed by atoms with E-state index in [1.807, 2.05) is 50.2 Å². The van der Waals surface area contributed by atoms with E-state index >= 15 is 0 Å². The number of hydrogen-bond acceptors (Lipinski definition) is 5. The van der Waals surface area contributed by atoms with Crippen molar-refractivity contribution in [1.29, 1.82) is 0 Å². The standard InChI is InChI=1S/C19H19BrN2O3/c1-3-23-17-9-13(15(20)10-18(17)24-4-2)11-25-19-14-7-5-6-8-16(14)21-12-22-19/h5-10,12H,3-4,11H2,1-2H3. The maximum atomic E-state index is 5.94. The zero-order valence-electron chi connectivity index (χ0n) is 14.2. The molecule has 3 aromatic rings. The van der Waals surface area contributed by atoms with E-state index in [4.69, 9.17) is 14.2 Å². The molecule has 3 rings (SSSR count). The molecule has 1 aromatic heterocycles. The normalized spacial score (nSPS) is 10.7. The molecule has 0 aliphatic rings. The Labute approximate surface area is 155 Å². The molecule has 130 valence electrons. The molecule has 0 bridgehead atoms. The van der Waals surface area contributed by atoms with Gasteiger partial charge in [-0.1, -0.05) is 28.1 Å². The van der Waals surface area contributed by atoms with E-state index in [1.165, 1.54) is 6.33 Å². The molecule has 0 atom stereocenters. The number of halogens is 1. The fourth-order valence-electron chi connectivity index (χ4n) is 2.47. The smallest absolute Gasteiger partial charge is 0.224 e. The third-order valence-corrected chi connectivity index (χ3v) is 4.32. The number of benzene rings is 2. The van der Waals surface area contributed by atoms with Crippen LogP contribution < -0.4 is 14.2 Å². The topological polar surface area (TPSA) is 53.5 Å². The number of nitrogens with zero attached hydrogens (tertiary/aromatic N) is 2. The summed E-state index contributed by atoms with van der Waals surface area (Å²) in [5.41, 5.74) is 1.81. The second kappa shape index (κ2) is 8.16. The first-order chi connectivity index (χ1) is 12.2. The maximum absolute atomic E-state index is 5.94. The zero-order chi connectivity index (χ0) is 17.6. The van der Waals surface area contributed by atoms with Crippen LogP contribution in [0.3, 0.4) is 0 Å². The summed E-state index contributed by atoms with van der Waals surface area (Å²) in [6, 6.07) is 11.6. The Hall–Kier alpha value is -2.34. The Kier molecular flexibility index (Phi) is 5.71. The average molecular weight is 403 g/mol. The van der Waals surface area contributed by atoms with Gasteiger partial charge >= 0.3 is 0 Å². The summed E-state index contributed by atoms with van der Waals surface area (Å²) < 4.78 is 18.2. The lowest BCUT2D eigenvalue weighted by molar-refractivity contribution is 0.280. The largest absolute Gasteiger partial charge is 0.490 e. The van der Waals surface area contributed by atoms with Gasteiger partial charge in [0.2, 0.25) is 5.88 Å². The average Bonchev–Trinajstić information content (AvgIpc) is 2.63. The van der Waals surface area contributed by atoms with Crippen molar-refractivity contribution in [2.75, 3.05) is 13.2 Å². The predicted molar refractivity (Wildman–Crippen MR) is 100 cm³/mol. The lowest BCUT2D eigenvalue weighted by Gasteiger charge is -2.15. The van der Waals surface area contributed by atoms with Gasteiger partial charge in [-0.2, -0.15) is 0 Å².